The Hall–Kier alpha value is -0.0800. The zero-order chi connectivity index (χ0) is 6.62. The van der Waals surface area contributed by atoms with Gasteiger partial charge in [-0.2, -0.15) is 0 Å². The molecule has 0 aromatic rings. The van der Waals surface area contributed by atoms with Crippen molar-refractivity contribution in [2.24, 2.45) is 0 Å². The lowest BCUT2D eigenvalue weighted by Gasteiger charge is -2.21. The van der Waals surface area contributed by atoms with Crippen LogP contribution >= 0.6 is 0 Å². The summed E-state index contributed by atoms with van der Waals surface area (Å²) in [6, 6.07) is 0. The molecule has 0 radical (unpaired) electrons. The first-order valence-corrected chi connectivity index (χ1v) is 2.87. The Kier molecular flexibility index (Phi) is 3.02. The first kappa shape index (κ1) is 7.92. The molecule has 0 amide bonds. The minimum atomic E-state index is -0.180. The number of ether oxygens (including phenoxy) is 1. The van der Waals surface area contributed by atoms with Gasteiger partial charge in [0.05, 0.1) is 5.60 Å². The van der Waals surface area contributed by atoms with Crippen LogP contribution in [0.1, 0.15) is 27.2 Å². The van der Waals surface area contributed by atoms with Crippen LogP contribution in [0.5, 0.6) is 0 Å². The van der Waals surface area contributed by atoms with Crippen LogP contribution in [0.15, 0.2) is 0 Å². The SMILES string of the molecule is CCC(C)(C)OCO. The van der Waals surface area contributed by atoms with Crippen LogP contribution < -0.4 is 0 Å². The fraction of sp³-hybridized carbons (Fsp3) is 1.00. The summed E-state index contributed by atoms with van der Waals surface area (Å²) in [5, 5.41) is 8.31. The Labute approximate surface area is 50.5 Å². The van der Waals surface area contributed by atoms with E-state index in [1.165, 1.54) is 0 Å². The molecule has 8 heavy (non-hydrogen) atoms. The zero-order valence-electron chi connectivity index (χ0n) is 5.77. The molecule has 50 valence electrons. The summed E-state index contributed by atoms with van der Waals surface area (Å²) in [6.07, 6.45) is 0.924. The molecule has 0 spiro atoms. The fourth-order valence-corrected chi connectivity index (χ4v) is 0.277. The van der Waals surface area contributed by atoms with Gasteiger partial charge in [0.2, 0.25) is 0 Å². The summed E-state index contributed by atoms with van der Waals surface area (Å²) >= 11 is 0. The van der Waals surface area contributed by atoms with Gasteiger partial charge in [-0.1, -0.05) is 6.92 Å². The van der Waals surface area contributed by atoms with Crippen molar-refractivity contribution in [3.05, 3.63) is 0 Å². The molecule has 0 aliphatic rings. The Morgan fingerprint density at radius 2 is 2.00 bits per heavy atom. The molecule has 2 heteroatoms. The second-order valence-corrected chi connectivity index (χ2v) is 2.39. The summed E-state index contributed by atoms with van der Waals surface area (Å²) in [7, 11) is 0. The largest absolute Gasteiger partial charge is 0.371 e. The molecule has 0 bridgehead atoms. The molecule has 0 atom stereocenters. The van der Waals surface area contributed by atoms with Gasteiger partial charge in [-0.25, -0.2) is 0 Å². The van der Waals surface area contributed by atoms with Crippen LogP contribution in [0.2, 0.25) is 0 Å². The Balaban J connectivity index is 3.37. The standard InChI is InChI=1S/C6H14O2/c1-4-6(2,3)8-5-7/h7H,4-5H2,1-3H3. The monoisotopic (exact) mass is 118 g/mol. The second kappa shape index (κ2) is 3.05. The van der Waals surface area contributed by atoms with E-state index in [0.717, 1.165) is 6.42 Å². The molecule has 0 fully saturated rings. The molecule has 0 unspecified atom stereocenters. The molecule has 0 heterocycles. The molecular weight excluding hydrogens is 104 g/mol. The highest BCUT2D eigenvalue weighted by Gasteiger charge is 2.13. The Morgan fingerprint density at radius 3 is 2.12 bits per heavy atom. The van der Waals surface area contributed by atoms with Gasteiger partial charge in [0.15, 0.2) is 0 Å². The van der Waals surface area contributed by atoms with Crippen molar-refractivity contribution >= 4 is 0 Å². The number of aliphatic hydroxyl groups excluding tert-OH is 1. The summed E-state index contributed by atoms with van der Waals surface area (Å²) < 4.78 is 4.93. The Bertz CT molecular complexity index is 59.5. The van der Waals surface area contributed by atoms with E-state index in [4.69, 9.17) is 9.84 Å². The van der Waals surface area contributed by atoms with Gasteiger partial charge < -0.3 is 9.84 Å². The van der Waals surface area contributed by atoms with E-state index in [-0.39, 0.29) is 12.4 Å². The third-order valence-corrected chi connectivity index (χ3v) is 1.31. The zero-order valence-corrected chi connectivity index (χ0v) is 5.77. The quantitative estimate of drug-likeness (QED) is 0.563. The highest BCUT2D eigenvalue weighted by molar-refractivity contribution is 4.63. The molecule has 0 saturated heterocycles. The second-order valence-electron chi connectivity index (χ2n) is 2.39. The normalized spacial score (nSPS) is 12.0. The highest BCUT2D eigenvalue weighted by Crippen LogP contribution is 2.11. The highest BCUT2D eigenvalue weighted by atomic mass is 16.6. The van der Waals surface area contributed by atoms with Gasteiger partial charge in [-0.15, -0.1) is 0 Å². The lowest BCUT2D eigenvalue weighted by Crippen LogP contribution is -2.23. The van der Waals surface area contributed by atoms with E-state index >= 15 is 0 Å². The molecule has 0 aliphatic heterocycles. The van der Waals surface area contributed by atoms with Gasteiger partial charge in [0, 0.05) is 0 Å². The van der Waals surface area contributed by atoms with Crippen molar-refractivity contribution in [1.29, 1.82) is 0 Å². The summed E-state index contributed by atoms with van der Waals surface area (Å²) in [6.45, 7) is 5.74. The maximum absolute atomic E-state index is 8.31. The first-order chi connectivity index (χ1) is 3.62. The Morgan fingerprint density at radius 1 is 1.50 bits per heavy atom. The van der Waals surface area contributed by atoms with Crippen LogP contribution in [0.4, 0.5) is 0 Å². The lowest BCUT2D eigenvalue weighted by atomic mass is 10.1. The maximum atomic E-state index is 8.31. The number of rotatable bonds is 3. The van der Waals surface area contributed by atoms with Crippen molar-refractivity contribution < 1.29 is 9.84 Å². The van der Waals surface area contributed by atoms with E-state index in [9.17, 15) is 0 Å². The van der Waals surface area contributed by atoms with Crippen LogP contribution in [0.3, 0.4) is 0 Å². The minimum absolute atomic E-state index is 0.158. The van der Waals surface area contributed by atoms with Gasteiger partial charge >= 0.3 is 0 Å². The number of hydrogen-bond acceptors (Lipinski definition) is 2. The van der Waals surface area contributed by atoms with Crippen LogP contribution in [-0.2, 0) is 4.74 Å². The molecular formula is C6H14O2. The van der Waals surface area contributed by atoms with Gasteiger partial charge in [-0.3, -0.25) is 0 Å². The van der Waals surface area contributed by atoms with Crippen molar-refractivity contribution in [2.75, 3.05) is 6.79 Å². The molecule has 0 aromatic heterocycles. The molecule has 0 aromatic carbocycles. The summed E-state index contributed by atoms with van der Waals surface area (Å²) in [4.78, 5) is 0. The summed E-state index contributed by atoms with van der Waals surface area (Å²) in [5.41, 5.74) is -0.158. The molecule has 0 aliphatic carbocycles. The van der Waals surface area contributed by atoms with Crippen molar-refractivity contribution in [3.63, 3.8) is 0 Å². The van der Waals surface area contributed by atoms with Crippen LogP contribution in [0.25, 0.3) is 0 Å². The third kappa shape index (κ3) is 2.99. The summed E-state index contributed by atoms with van der Waals surface area (Å²) in [5.74, 6) is 0. The molecule has 0 saturated carbocycles. The van der Waals surface area contributed by atoms with Gasteiger partial charge in [-0.05, 0) is 20.3 Å². The lowest BCUT2D eigenvalue weighted by molar-refractivity contribution is -0.0988. The van der Waals surface area contributed by atoms with E-state index in [1.807, 2.05) is 20.8 Å². The molecule has 1 N–H and O–H groups in total. The third-order valence-electron chi connectivity index (χ3n) is 1.31. The number of aliphatic hydroxyl groups is 1. The fourth-order valence-electron chi connectivity index (χ4n) is 0.277. The first-order valence-electron chi connectivity index (χ1n) is 2.87. The van der Waals surface area contributed by atoms with E-state index in [2.05, 4.69) is 0 Å². The van der Waals surface area contributed by atoms with E-state index in [1.54, 1.807) is 0 Å². The molecule has 0 rings (SSSR count). The van der Waals surface area contributed by atoms with Crippen LogP contribution in [-0.4, -0.2) is 17.5 Å². The topological polar surface area (TPSA) is 29.5 Å². The van der Waals surface area contributed by atoms with Crippen molar-refractivity contribution in [1.82, 2.24) is 0 Å². The molecule has 2 nitrogen and oxygen atoms in total. The smallest absolute Gasteiger partial charge is 0.144 e. The predicted molar refractivity (Wildman–Crippen MR) is 32.5 cm³/mol. The average molecular weight is 118 g/mol. The van der Waals surface area contributed by atoms with Crippen molar-refractivity contribution in [2.45, 2.75) is 32.8 Å². The average Bonchev–Trinajstić information content (AvgIpc) is 1.67. The minimum Gasteiger partial charge on any atom is -0.371 e. The maximum Gasteiger partial charge on any atom is 0.144 e. The van der Waals surface area contributed by atoms with Gasteiger partial charge in [0.25, 0.3) is 0 Å². The number of hydrogen-bond donors (Lipinski definition) is 1. The van der Waals surface area contributed by atoms with E-state index in [0.29, 0.717) is 0 Å². The van der Waals surface area contributed by atoms with Crippen molar-refractivity contribution in [3.8, 4) is 0 Å². The van der Waals surface area contributed by atoms with Gasteiger partial charge in [0.1, 0.15) is 6.79 Å². The predicted octanol–water partition coefficient (Wildman–Crippen LogP) is 1.14. The van der Waals surface area contributed by atoms with E-state index < -0.39 is 0 Å². The van der Waals surface area contributed by atoms with Crippen LogP contribution in [0, 0.1) is 0 Å².